The number of hydrogen-bond acceptors (Lipinski definition) is 3. The molecule has 0 radical (unpaired) electrons. The maximum Gasteiger partial charge on any atom is 0.264 e. The summed E-state index contributed by atoms with van der Waals surface area (Å²) in [5.41, 5.74) is 2.18. The van der Waals surface area contributed by atoms with Crippen molar-refractivity contribution in [1.82, 2.24) is 0 Å². The first-order chi connectivity index (χ1) is 14.3. The summed E-state index contributed by atoms with van der Waals surface area (Å²) >= 11 is 3.37. The highest BCUT2D eigenvalue weighted by Crippen LogP contribution is 2.26. The minimum atomic E-state index is -3.92. The van der Waals surface area contributed by atoms with Gasteiger partial charge in [-0.05, 0) is 53.9 Å². The minimum Gasteiger partial charge on any atom is -0.325 e. The lowest BCUT2D eigenvalue weighted by Gasteiger charge is -2.24. The Hall–Kier alpha value is -2.64. The summed E-state index contributed by atoms with van der Waals surface area (Å²) < 4.78 is 28.4. The quantitative estimate of drug-likeness (QED) is 0.485. The lowest BCUT2D eigenvalue weighted by atomic mass is 10.0. The third kappa shape index (κ3) is 5.29. The van der Waals surface area contributed by atoms with E-state index in [9.17, 15) is 13.2 Å². The van der Waals surface area contributed by atoms with E-state index in [-0.39, 0.29) is 11.4 Å². The highest BCUT2D eigenvalue weighted by Gasteiger charge is 2.27. The Labute approximate surface area is 185 Å². The van der Waals surface area contributed by atoms with Gasteiger partial charge in [0.2, 0.25) is 5.91 Å². The first-order valence-electron chi connectivity index (χ1n) is 9.50. The minimum absolute atomic E-state index is 0.124. The van der Waals surface area contributed by atoms with Crippen molar-refractivity contribution in [3.05, 3.63) is 88.9 Å². The summed E-state index contributed by atoms with van der Waals surface area (Å²) in [6, 6.07) is 22.5. The molecule has 0 aromatic heterocycles. The Morgan fingerprint density at radius 2 is 1.63 bits per heavy atom. The number of amides is 1. The summed E-state index contributed by atoms with van der Waals surface area (Å²) in [6.45, 7) is 3.84. The summed E-state index contributed by atoms with van der Waals surface area (Å²) in [7, 11) is -3.92. The zero-order valence-electron chi connectivity index (χ0n) is 16.7. The van der Waals surface area contributed by atoms with Gasteiger partial charge in [0.05, 0.1) is 10.6 Å². The lowest BCUT2D eigenvalue weighted by molar-refractivity contribution is -0.114. The molecule has 0 atom stereocenters. The van der Waals surface area contributed by atoms with E-state index in [0.717, 1.165) is 14.3 Å². The van der Waals surface area contributed by atoms with Crippen LogP contribution in [0.2, 0.25) is 0 Å². The van der Waals surface area contributed by atoms with Crippen LogP contribution in [-0.4, -0.2) is 20.9 Å². The van der Waals surface area contributed by atoms with Crippen molar-refractivity contribution >= 4 is 43.2 Å². The van der Waals surface area contributed by atoms with Crippen LogP contribution in [0.15, 0.2) is 88.2 Å². The lowest BCUT2D eigenvalue weighted by Crippen LogP contribution is -2.38. The molecule has 0 saturated carbocycles. The van der Waals surface area contributed by atoms with Crippen molar-refractivity contribution in [3.63, 3.8) is 0 Å². The second-order valence-corrected chi connectivity index (χ2v) is 9.91. The van der Waals surface area contributed by atoms with E-state index in [2.05, 4.69) is 35.1 Å². The van der Waals surface area contributed by atoms with Crippen LogP contribution in [0.5, 0.6) is 0 Å². The standard InChI is InChI=1S/C23H23BrN2O3S/c1-17(2)18-11-13-20(14-12-18)25-23(27)16-26(21-8-6-7-19(24)15-21)30(28,29)22-9-4-3-5-10-22/h3-15,17H,16H2,1-2H3,(H,25,27). The Bertz CT molecular complexity index is 1110. The fourth-order valence-corrected chi connectivity index (χ4v) is 4.77. The van der Waals surface area contributed by atoms with Crippen LogP contribution in [0, 0.1) is 0 Å². The molecule has 3 rings (SSSR count). The van der Waals surface area contributed by atoms with Gasteiger partial charge in [-0.25, -0.2) is 8.42 Å². The molecule has 0 spiro atoms. The number of anilines is 2. The van der Waals surface area contributed by atoms with Gasteiger partial charge in [0.15, 0.2) is 0 Å². The first-order valence-corrected chi connectivity index (χ1v) is 11.7. The van der Waals surface area contributed by atoms with Gasteiger partial charge >= 0.3 is 0 Å². The molecule has 3 aromatic carbocycles. The molecular weight excluding hydrogens is 464 g/mol. The van der Waals surface area contributed by atoms with E-state index >= 15 is 0 Å². The predicted octanol–water partition coefficient (Wildman–Crippen LogP) is 5.41. The topological polar surface area (TPSA) is 66.5 Å². The average Bonchev–Trinajstić information content (AvgIpc) is 2.73. The molecule has 1 N–H and O–H groups in total. The van der Waals surface area contributed by atoms with Gasteiger partial charge in [0.1, 0.15) is 6.54 Å². The summed E-state index contributed by atoms with van der Waals surface area (Å²) in [4.78, 5) is 12.9. The zero-order valence-corrected chi connectivity index (χ0v) is 19.2. The molecule has 0 unspecified atom stereocenters. The highest BCUT2D eigenvalue weighted by atomic mass is 79.9. The van der Waals surface area contributed by atoms with Gasteiger partial charge in [0.25, 0.3) is 10.0 Å². The van der Waals surface area contributed by atoms with Crippen LogP contribution in [0.4, 0.5) is 11.4 Å². The third-order valence-electron chi connectivity index (χ3n) is 4.58. The van der Waals surface area contributed by atoms with E-state index in [1.54, 1.807) is 42.5 Å². The molecule has 0 heterocycles. The molecule has 0 aliphatic heterocycles. The molecule has 156 valence electrons. The number of nitrogens with one attached hydrogen (secondary N) is 1. The molecule has 0 aliphatic carbocycles. The number of nitrogens with zero attached hydrogens (tertiary/aromatic N) is 1. The maximum atomic E-state index is 13.3. The van der Waals surface area contributed by atoms with Crippen molar-refractivity contribution in [3.8, 4) is 0 Å². The van der Waals surface area contributed by atoms with Crippen molar-refractivity contribution in [2.45, 2.75) is 24.7 Å². The molecule has 3 aromatic rings. The maximum absolute atomic E-state index is 13.3. The SMILES string of the molecule is CC(C)c1ccc(NC(=O)CN(c2cccc(Br)c2)S(=O)(=O)c2ccccc2)cc1. The van der Waals surface area contributed by atoms with Gasteiger partial charge in [-0.3, -0.25) is 9.10 Å². The van der Waals surface area contributed by atoms with Gasteiger partial charge in [-0.1, -0.05) is 66.2 Å². The molecule has 1 amide bonds. The van der Waals surface area contributed by atoms with Crippen LogP contribution in [0.3, 0.4) is 0 Å². The highest BCUT2D eigenvalue weighted by molar-refractivity contribution is 9.10. The Morgan fingerprint density at radius 1 is 0.967 bits per heavy atom. The smallest absolute Gasteiger partial charge is 0.264 e. The molecule has 30 heavy (non-hydrogen) atoms. The first kappa shape index (κ1) is 22.1. The van der Waals surface area contributed by atoms with Crippen molar-refractivity contribution in [2.24, 2.45) is 0 Å². The van der Waals surface area contributed by atoms with E-state index in [1.807, 2.05) is 24.3 Å². The van der Waals surface area contributed by atoms with E-state index in [1.165, 1.54) is 12.1 Å². The predicted molar refractivity (Wildman–Crippen MR) is 124 cm³/mol. The molecular formula is C23H23BrN2O3S. The fourth-order valence-electron chi connectivity index (χ4n) is 2.95. The Balaban J connectivity index is 1.88. The van der Waals surface area contributed by atoms with Crippen molar-refractivity contribution in [1.29, 1.82) is 0 Å². The van der Waals surface area contributed by atoms with E-state index < -0.39 is 15.9 Å². The second kappa shape index (κ2) is 9.45. The zero-order chi connectivity index (χ0) is 21.7. The van der Waals surface area contributed by atoms with Crippen LogP contribution < -0.4 is 9.62 Å². The Morgan fingerprint density at radius 3 is 2.23 bits per heavy atom. The fraction of sp³-hybridized carbons (Fsp3) is 0.174. The van der Waals surface area contributed by atoms with Crippen molar-refractivity contribution in [2.75, 3.05) is 16.2 Å². The molecule has 0 aliphatic rings. The third-order valence-corrected chi connectivity index (χ3v) is 6.86. The van der Waals surface area contributed by atoms with E-state index in [0.29, 0.717) is 17.3 Å². The normalized spacial score (nSPS) is 11.3. The molecule has 0 saturated heterocycles. The molecule has 0 bridgehead atoms. The summed E-state index contributed by atoms with van der Waals surface area (Å²) in [5.74, 6) is -0.0374. The monoisotopic (exact) mass is 486 g/mol. The largest absolute Gasteiger partial charge is 0.325 e. The Kier molecular flexibility index (Phi) is 6.95. The van der Waals surface area contributed by atoms with Gasteiger partial charge in [0, 0.05) is 10.2 Å². The van der Waals surface area contributed by atoms with Crippen molar-refractivity contribution < 1.29 is 13.2 Å². The van der Waals surface area contributed by atoms with E-state index in [4.69, 9.17) is 0 Å². The summed E-state index contributed by atoms with van der Waals surface area (Å²) in [6.07, 6.45) is 0. The number of carbonyl (C=O) groups excluding carboxylic acids is 1. The van der Waals surface area contributed by atoms with Gasteiger partial charge in [-0.15, -0.1) is 0 Å². The summed E-state index contributed by atoms with van der Waals surface area (Å²) in [5, 5.41) is 2.79. The van der Waals surface area contributed by atoms with Gasteiger partial charge < -0.3 is 5.32 Å². The number of hydrogen-bond donors (Lipinski definition) is 1. The number of sulfonamides is 1. The number of carbonyl (C=O) groups is 1. The molecule has 7 heteroatoms. The van der Waals surface area contributed by atoms with Gasteiger partial charge in [-0.2, -0.15) is 0 Å². The number of rotatable bonds is 7. The molecule has 5 nitrogen and oxygen atoms in total. The second-order valence-electron chi connectivity index (χ2n) is 7.13. The van der Waals surface area contributed by atoms with Crippen LogP contribution >= 0.6 is 15.9 Å². The van der Waals surface area contributed by atoms with Crippen LogP contribution in [0.1, 0.15) is 25.3 Å². The number of benzene rings is 3. The molecule has 0 fully saturated rings. The van der Waals surface area contributed by atoms with Crippen LogP contribution in [0.25, 0.3) is 0 Å². The number of halogens is 1. The van der Waals surface area contributed by atoms with Crippen LogP contribution in [-0.2, 0) is 14.8 Å². The average molecular weight is 487 g/mol.